The van der Waals surface area contributed by atoms with Gasteiger partial charge in [-0.05, 0) is 35.3 Å². The molecule has 0 aliphatic heterocycles. The van der Waals surface area contributed by atoms with E-state index in [0.29, 0.717) is 5.56 Å². The van der Waals surface area contributed by atoms with Crippen LogP contribution in [0.4, 0.5) is 0 Å². The number of carboxylic acid groups (broad SMARTS) is 1. The summed E-state index contributed by atoms with van der Waals surface area (Å²) >= 11 is 0. The highest BCUT2D eigenvalue weighted by Crippen LogP contribution is 2.37. The summed E-state index contributed by atoms with van der Waals surface area (Å²) in [5.74, 6) is -1.41. The Balaban J connectivity index is 2.56. The molecule has 3 N–H and O–H groups in total. The van der Waals surface area contributed by atoms with Crippen molar-refractivity contribution in [2.45, 2.75) is 19.8 Å². The summed E-state index contributed by atoms with van der Waals surface area (Å²) < 4.78 is 0. The molecule has 0 spiro atoms. The molecule has 0 aliphatic rings. The van der Waals surface area contributed by atoms with Gasteiger partial charge in [-0.1, -0.05) is 44.2 Å². The molecule has 0 aliphatic carbocycles. The lowest BCUT2D eigenvalue weighted by Crippen LogP contribution is -2.01. The summed E-state index contributed by atoms with van der Waals surface area (Å²) in [6.45, 7) is 3.68. The van der Waals surface area contributed by atoms with E-state index in [4.69, 9.17) is 0 Å². The number of rotatable bonds is 4. The number of hydrogen-bond donors (Lipinski definition) is 3. The van der Waals surface area contributed by atoms with Gasteiger partial charge in [0.15, 0.2) is 0 Å². The summed E-state index contributed by atoms with van der Waals surface area (Å²) in [5.41, 5.74) is 1.41. The molecule has 0 amide bonds. The molecule has 0 atom stereocenters. The van der Waals surface area contributed by atoms with Gasteiger partial charge in [-0.3, -0.25) is 0 Å². The second-order valence-electron chi connectivity index (χ2n) is 5.36. The molecule has 0 aromatic heterocycles. The molecular formula is C18H18O4. The van der Waals surface area contributed by atoms with E-state index in [2.05, 4.69) is 0 Å². The van der Waals surface area contributed by atoms with Crippen LogP contribution in [0.25, 0.3) is 11.6 Å². The summed E-state index contributed by atoms with van der Waals surface area (Å²) in [6, 6.07) is 11.8. The maximum Gasteiger partial charge on any atom is 0.336 e. The molecule has 0 radical (unpaired) electrons. The van der Waals surface area contributed by atoms with Crippen molar-refractivity contribution in [1.29, 1.82) is 0 Å². The van der Waals surface area contributed by atoms with Crippen LogP contribution < -0.4 is 0 Å². The molecular weight excluding hydrogens is 280 g/mol. The highest BCUT2D eigenvalue weighted by atomic mass is 16.4. The average Bonchev–Trinajstić information content (AvgIpc) is 2.44. The van der Waals surface area contributed by atoms with Crippen LogP contribution in [0.5, 0.6) is 11.5 Å². The molecule has 0 unspecified atom stereocenters. The van der Waals surface area contributed by atoms with Gasteiger partial charge in [-0.2, -0.15) is 0 Å². The van der Waals surface area contributed by atoms with Crippen LogP contribution in [0, 0.1) is 0 Å². The molecule has 0 heterocycles. The van der Waals surface area contributed by atoms with Crippen LogP contribution in [0.15, 0.2) is 42.5 Å². The molecule has 114 valence electrons. The van der Waals surface area contributed by atoms with Crippen LogP contribution >= 0.6 is 0 Å². The van der Waals surface area contributed by atoms with Crippen molar-refractivity contribution in [1.82, 2.24) is 0 Å². The van der Waals surface area contributed by atoms with Gasteiger partial charge in [-0.25, -0.2) is 4.79 Å². The smallest absolute Gasteiger partial charge is 0.336 e. The van der Waals surface area contributed by atoms with Gasteiger partial charge in [0.1, 0.15) is 11.5 Å². The highest BCUT2D eigenvalue weighted by Gasteiger charge is 2.18. The largest absolute Gasteiger partial charge is 0.507 e. The van der Waals surface area contributed by atoms with Gasteiger partial charge in [0.25, 0.3) is 0 Å². The number of phenols is 2. The number of carboxylic acids is 1. The molecule has 2 aromatic carbocycles. The fraction of sp³-hybridized carbons (Fsp3) is 0.167. The fourth-order valence-electron chi connectivity index (χ4n) is 2.35. The molecule has 0 fully saturated rings. The Bertz CT molecular complexity index is 692. The number of benzene rings is 2. The molecule has 22 heavy (non-hydrogen) atoms. The van der Waals surface area contributed by atoms with Crippen molar-refractivity contribution in [2.75, 3.05) is 0 Å². The van der Waals surface area contributed by atoms with Crippen LogP contribution in [0.2, 0.25) is 0 Å². The predicted molar refractivity (Wildman–Crippen MR) is 85.8 cm³/mol. The minimum absolute atomic E-state index is 0.00658. The lowest BCUT2D eigenvalue weighted by Gasteiger charge is -2.13. The van der Waals surface area contributed by atoms with Crippen LogP contribution in [0.3, 0.4) is 0 Å². The van der Waals surface area contributed by atoms with E-state index in [9.17, 15) is 20.1 Å². The number of aliphatic carboxylic acids is 1. The van der Waals surface area contributed by atoms with E-state index in [1.54, 1.807) is 12.1 Å². The van der Waals surface area contributed by atoms with Gasteiger partial charge in [0, 0.05) is 5.56 Å². The molecule has 0 saturated heterocycles. The Labute approximate surface area is 129 Å². The first kappa shape index (κ1) is 15.6. The van der Waals surface area contributed by atoms with E-state index in [0.717, 1.165) is 5.56 Å². The second-order valence-corrected chi connectivity index (χ2v) is 5.36. The van der Waals surface area contributed by atoms with Crippen LogP contribution in [0.1, 0.15) is 36.5 Å². The minimum Gasteiger partial charge on any atom is -0.507 e. The first-order chi connectivity index (χ1) is 10.4. The highest BCUT2D eigenvalue weighted by molar-refractivity contribution is 6.20. The van der Waals surface area contributed by atoms with Crippen LogP contribution in [-0.2, 0) is 4.79 Å². The number of aromatic hydroxyl groups is 2. The normalized spacial score (nSPS) is 11.7. The summed E-state index contributed by atoms with van der Waals surface area (Å²) in [4.78, 5) is 11.5. The van der Waals surface area contributed by atoms with Gasteiger partial charge in [0.2, 0.25) is 0 Å². The first-order valence-electron chi connectivity index (χ1n) is 6.96. The molecule has 4 heteroatoms. The van der Waals surface area contributed by atoms with Gasteiger partial charge in [-0.15, -0.1) is 0 Å². The predicted octanol–water partition coefficient (Wildman–Crippen LogP) is 3.85. The van der Waals surface area contributed by atoms with Crippen molar-refractivity contribution in [3.8, 4) is 11.5 Å². The summed E-state index contributed by atoms with van der Waals surface area (Å²) in [5, 5.41) is 29.5. The lowest BCUT2D eigenvalue weighted by atomic mass is 9.95. The van der Waals surface area contributed by atoms with E-state index in [1.165, 1.54) is 18.2 Å². The second kappa shape index (κ2) is 6.35. The van der Waals surface area contributed by atoms with Crippen LogP contribution in [-0.4, -0.2) is 21.3 Å². The van der Waals surface area contributed by atoms with E-state index >= 15 is 0 Å². The Kier molecular flexibility index (Phi) is 4.51. The third kappa shape index (κ3) is 3.28. The zero-order valence-electron chi connectivity index (χ0n) is 12.4. The fourth-order valence-corrected chi connectivity index (χ4v) is 2.35. The maximum atomic E-state index is 11.5. The van der Waals surface area contributed by atoms with Crippen molar-refractivity contribution in [3.05, 3.63) is 59.2 Å². The third-order valence-electron chi connectivity index (χ3n) is 3.37. The number of carbonyl (C=O) groups is 1. The Morgan fingerprint density at radius 3 is 2.05 bits per heavy atom. The topological polar surface area (TPSA) is 77.8 Å². The number of hydrogen-bond acceptors (Lipinski definition) is 3. The van der Waals surface area contributed by atoms with E-state index < -0.39 is 5.97 Å². The molecule has 2 rings (SSSR count). The molecule has 4 nitrogen and oxygen atoms in total. The number of phenolic OH excluding ortho intramolecular Hbond substituents is 2. The Morgan fingerprint density at radius 1 is 1.05 bits per heavy atom. The van der Waals surface area contributed by atoms with Gasteiger partial charge in [0.05, 0.1) is 5.57 Å². The summed E-state index contributed by atoms with van der Waals surface area (Å²) in [7, 11) is 0. The van der Waals surface area contributed by atoms with E-state index in [1.807, 2.05) is 32.0 Å². The minimum atomic E-state index is -1.13. The Hall–Kier alpha value is -2.75. The SMILES string of the molecule is CC(C)c1c(O)cc(/C(=C/c2ccccc2)C(=O)O)cc1O. The molecule has 0 saturated carbocycles. The standard InChI is InChI=1S/C18H18O4/c1-11(2)17-15(19)9-13(10-16(17)20)14(18(21)22)8-12-6-4-3-5-7-12/h3-11,19-20H,1-2H3,(H,21,22)/b14-8-. The van der Waals surface area contributed by atoms with Crippen molar-refractivity contribution >= 4 is 17.6 Å². The zero-order valence-corrected chi connectivity index (χ0v) is 12.4. The lowest BCUT2D eigenvalue weighted by molar-refractivity contribution is -0.130. The quantitative estimate of drug-likeness (QED) is 0.592. The van der Waals surface area contributed by atoms with Gasteiger partial charge >= 0.3 is 5.97 Å². The summed E-state index contributed by atoms with van der Waals surface area (Å²) in [6.07, 6.45) is 1.51. The van der Waals surface area contributed by atoms with Crippen molar-refractivity contribution < 1.29 is 20.1 Å². The molecule has 2 aromatic rings. The monoisotopic (exact) mass is 298 g/mol. The molecule has 0 bridgehead atoms. The van der Waals surface area contributed by atoms with Crippen molar-refractivity contribution in [3.63, 3.8) is 0 Å². The average molecular weight is 298 g/mol. The third-order valence-corrected chi connectivity index (χ3v) is 3.37. The van der Waals surface area contributed by atoms with Gasteiger partial charge < -0.3 is 15.3 Å². The van der Waals surface area contributed by atoms with E-state index in [-0.39, 0.29) is 28.6 Å². The first-order valence-corrected chi connectivity index (χ1v) is 6.96. The maximum absolute atomic E-state index is 11.5. The van der Waals surface area contributed by atoms with Crippen molar-refractivity contribution in [2.24, 2.45) is 0 Å². The Morgan fingerprint density at radius 2 is 1.59 bits per heavy atom. The zero-order chi connectivity index (χ0) is 16.3.